The van der Waals surface area contributed by atoms with Gasteiger partial charge in [0.15, 0.2) is 22.8 Å². The minimum absolute atomic E-state index is 0.224. The summed E-state index contributed by atoms with van der Waals surface area (Å²) < 4.78 is 13.1. The number of hydrogen-bond donors (Lipinski definition) is 1. The van der Waals surface area contributed by atoms with Gasteiger partial charge in [-0.25, -0.2) is 24.9 Å². The lowest BCUT2D eigenvalue weighted by molar-refractivity contribution is 0.0828. The molecule has 134 valence electrons. The maximum Gasteiger partial charge on any atom is 0.219 e. The van der Waals surface area contributed by atoms with Gasteiger partial charge in [-0.15, -0.1) is 0 Å². The number of nitrogen functional groups attached to an aromatic ring is 1. The highest BCUT2D eigenvalue weighted by Crippen LogP contribution is 2.29. The molecule has 5 heterocycles. The van der Waals surface area contributed by atoms with Gasteiger partial charge in [0, 0.05) is 32.0 Å². The molecule has 0 aromatic carbocycles. The molecule has 3 aromatic heterocycles. The molecule has 0 aliphatic carbocycles. The third-order valence-electron chi connectivity index (χ3n) is 4.59. The van der Waals surface area contributed by atoms with E-state index in [1.165, 1.54) is 0 Å². The van der Waals surface area contributed by atoms with Crippen molar-refractivity contribution >= 4 is 22.9 Å². The molecule has 3 aromatic rings. The van der Waals surface area contributed by atoms with E-state index in [-0.39, 0.29) is 5.95 Å². The molecule has 26 heavy (non-hydrogen) atoms. The smallest absolute Gasteiger partial charge is 0.219 e. The Hall–Kier alpha value is -2.85. The molecule has 0 spiro atoms. The third kappa shape index (κ3) is 2.54. The molecular weight excluding hydrogens is 336 g/mol. The number of nitrogens with zero attached hydrogens (tertiary/aromatic N) is 7. The summed E-state index contributed by atoms with van der Waals surface area (Å²) in [7, 11) is 0. The van der Waals surface area contributed by atoms with Crippen molar-refractivity contribution in [2.24, 2.45) is 0 Å². The van der Waals surface area contributed by atoms with Gasteiger partial charge in [-0.3, -0.25) is 0 Å². The van der Waals surface area contributed by atoms with Crippen LogP contribution < -0.4 is 10.6 Å². The van der Waals surface area contributed by atoms with Gasteiger partial charge in [-0.05, 0) is 0 Å². The molecule has 2 aliphatic rings. The topological polar surface area (TPSA) is 117 Å². The Balaban J connectivity index is 1.71. The van der Waals surface area contributed by atoms with Crippen molar-refractivity contribution in [3.8, 4) is 11.4 Å². The summed E-state index contributed by atoms with van der Waals surface area (Å²) >= 11 is 0. The van der Waals surface area contributed by atoms with E-state index in [0.29, 0.717) is 32.3 Å². The lowest BCUT2D eigenvalue weighted by Gasteiger charge is -2.28. The Morgan fingerprint density at radius 1 is 0.923 bits per heavy atom. The van der Waals surface area contributed by atoms with E-state index < -0.39 is 0 Å². The Kier molecular flexibility index (Phi) is 3.64. The fraction of sp³-hybridized carbons (Fsp3) is 0.438. The van der Waals surface area contributed by atoms with Gasteiger partial charge in [0.05, 0.1) is 25.4 Å². The molecule has 10 nitrogen and oxygen atoms in total. The van der Waals surface area contributed by atoms with Crippen molar-refractivity contribution in [1.82, 2.24) is 29.5 Å². The second-order valence-electron chi connectivity index (χ2n) is 6.20. The van der Waals surface area contributed by atoms with E-state index in [4.69, 9.17) is 30.2 Å². The fourth-order valence-electron chi connectivity index (χ4n) is 3.27. The summed E-state index contributed by atoms with van der Waals surface area (Å²) in [6.45, 7) is 4.73. The number of imidazole rings is 1. The first kappa shape index (κ1) is 15.4. The maximum absolute atomic E-state index is 5.60. The van der Waals surface area contributed by atoms with Crippen LogP contribution in [0.15, 0.2) is 12.4 Å². The van der Waals surface area contributed by atoms with Gasteiger partial charge in [0.25, 0.3) is 0 Å². The van der Waals surface area contributed by atoms with Crippen molar-refractivity contribution < 1.29 is 9.47 Å². The Morgan fingerprint density at radius 3 is 2.50 bits per heavy atom. The predicted octanol–water partition coefficient (Wildman–Crippen LogP) is 0.232. The number of aromatic nitrogens is 6. The Bertz CT molecular complexity index is 949. The van der Waals surface area contributed by atoms with E-state index in [9.17, 15) is 0 Å². The highest BCUT2D eigenvalue weighted by atomic mass is 16.5. The van der Waals surface area contributed by atoms with E-state index >= 15 is 0 Å². The van der Waals surface area contributed by atoms with Crippen molar-refractivity contribution in [2.45, 2.75) is 13.2 Å². The highest BCUT2D eigenvalue weighted by Gasteiger charge is 2.24. The lowest BCUT2D eigenvalue weighted by Crippen LogP contribution is -2.37. The molecule has 5 rings (SSSR count). The fourth-order valence-corrected chi connectivity index (χ4v) is 3.27. The van der Waals surface area contributed by atoms with Crippen molar-refractivity contribution in [3.63, 3.8) is 0 Å². The zero-order valence-electron chi connectivity index (χ0n) is 14.1. The van der Waals surface area contributed by atoms with E-state index in [2.05, 4.69) is 19.4 Å². The van der Waals surface area contributed by atoms with Crippen LogP contribution in [0, 0.1) is 0 Å². The van der Waals surface area contributed by atoms with Crippen LogP contribution in [-0.4, -0.2) is 62.4 Å². The number of rotatable bonds is 2. The van der Waals surface area contributed by atoms with Gasteiger partial charge in [0.2, 0.25) is 5.95 Å². The summed E-state index contributed by atoms with van der Waals surface area (Å²) in [4.78, 5) is 24.6. The van der Waals surface area contributed by atoms with Crippen molar-refractivity contribution in [3.05, 3.63) is 18.2 Å². The van der Waals surface area contributed by atoms with Crippen molar-refractivity contribution in [1.29, 1.82) is 0 Å². The Morgan fingerprint density at radius 2 is 1.69 bits per heavy atom. The lowest BCUT2D eigenvalue weighted by atomic mass is 10.3. The van der Waals surface area contributed by atoms with Crippen LogP contribution in [0.25, 0.3) is 22.6 Å². The summed E-state index contributed by atoms with van der Waals surface area (Å²) in [6, 6.07) is 0. The number of nitrogens with two attached hydrogens (primary N) is 1. The van der Waals surface area contributed by atoms with E-state index in [1.807, 2.05) is 0 Å². The second kappa shape index (κ2) is 6.15. The minimum Gasteiger partial charge on any atom is -0.378 e. The molecule has 0 amide bonds. The van der Waals surface area contributed by atoms with Crippen LogP contribution >= 0.6 is 0 Å². The van der Waals surface area contributed by atoms with Gasteiger partial charge in [-0.1, -0.05) is 0 Å². The quantitative estimate of drug-likeness (QED) is 0.690. The normalized spacial score (nSPS) is 17.5. The molecular formula is C16H18N8O2. The first-order valence-electron chi connectivity index (χ1n) is 8.55. The second-order valence-corrected chi connectivity index (χ2v) is 6.20. The van der Waals surface area contributed by atoms with Gasteiger partial charge in [0.1, 0.15) is 12.4 Å². The molecule has 0 atom stereocenters. The number of hydrogen-bond acceptors (Lipinski definition) is 9. The standard InChI is InChI=1S/C16H18N8O2/c17-16-18-7-10(8-19-16)13-21-14(23-1-4-25-5-2-23)12-15(22-13)24-3-6-26-9-11(24)20-12/h7-8H,1-6,9H2,(H2,17,18,19). The summed E-state index contributed by atoms with van der Waals surface area (Å²) in [6.07, 6.45) is 3.28. The summed E-state index contributed by atoms with van der Waals surface area (Å²) in [5.74, 6) is 2.48. The summed E-state index contributed by atoms with van der Waals surface area (Å²) in [5, 5.41) is 0. The molecule has 10 heteroatoms. The van der Waals surface area contributed by atoms with Gasteiger partial charge in [-0.2, -0.15) is 0 Å². The molecule has 0 unspecified atom stereocenters. The molecule has 0 saturated carbocycles. The van der Waals surface area contributed by atoms with Crippen LogP contribution in [0.1, 0.15) is 5.82 Å². The third-order valence-corrected chi connectivity index (χ3v) is 4.59. The zero-order valence-corrected chi connectivity index (χ0v) is 14.1. The van der Waals surface area contributed by atoms with Gasteiger partial charge >= 0.3 is 0 Å². The molecule has 0 bridgehead atoms. The van der Waals surface area contributed by atoms with Crippen molar-refractivity contribution in [2.75, 3.05) is 43.5 Å². The molecule has 2 aliphatic heterocycles. The predicted molar refractivity (Wildman–Crippen MR) is 93.4 cm³/mol. The molecule has 1 fully saturated rings. The number of anilines is 2. The largest absolute Gasteiger partial charge is 0.378 e. The number of fused-ring (bicyclic) bond motifs is 3. The van der Waals surface area contributed by atoms with Crippen LogP contribution in [0.2, 0.25) is 0 Å². The Labute approximate surface area is 149 Å². The van der Waals surface area contributed by atoms with E-state index in [1.54, 1.807) is 12.4 Å². The SMILES string of the molecule is Nc1ncc(-c2nc(N3CCOCC3)c3nc4n(c3n2)CCOC4)cn1. The van der Waals surface area contributed by atoms with E-state index in [0.717, 1.165) is 48.0 Å². The monoisotopic (exact) mass is 354 g/mol. The number of morpholine rings is 1. The number of ether oxygens (including phenoxy) is 2. The zero-order chi connectivity index (χ0) is 17.5. The first-order valence-corrected chi connectivity index (χ1v) is 8.55. The average molecular weight is 354 g/mol. The van der Waals surface area contributed by atoms with Crippen LogP contribution in [-0.2, 0) is 22.6 Å². The first-order chi connectivity index (χ1) is 12.8. The molecule has 1 saturated heterocycles. The minimum atomic E-state index is 0.224. The average Bonchev–Trinajstić information content (AvgIpc) is 3.07. The maximum atomic E-state index is 5.60. The van der Waals surface area contributed by atoms with Gasteiger partial charge < -0.3 is 24.7 Å². The molecule has 0 radical (unpaired) electrons. The highest BCUT2D eigenvalue weighted by molar-refractivity contribution is 5.86. The van der Waals surface area contributed by atoms with Crippen LogP contribution in [0.3, 0.4) is 0 Å². The summed E-state index contributed by atoms with van der Waals surface area (Å²) in [5.41, 5.74) is 7.93. The molecule has 2 N–H and O–H groups in total. The van der Waals surface area contributed by atoms with Crippen LogP contribution in [0.5, 0.6) is 0 Å². The van der Waals surface area contributed by atoms with Crippen LogP contribution in [0.4, 0.5) is 11.8 Å².